The van der Waals surface area contributed by atoms with Gasteiger partial charge in [-0.25, -0.2) is 0 Å². The molecule has 0 fully saturated rings. The van der Waals surface area contributed by atoms with Gasteiger partial charge >= 0.3 is 0 Å². The molecule has 4 nitrogen and oxygen atoms in total. The molecule has 0 spiro atoms. The first-order valence-electron chi connectivity index (χ1n) is 8.34. The third-order valence-electron chi connectivity index (χ3n) is 3.91. The van der Waals surface area contributed by atoms with E-state index in [0.717, 1.165) is 12.0 Å². The Balaban J connectivity index is 2.04. The van der Waals surface area contributed by atoms with Crippen LogP contribution < -0.4 is 14.8 Å². The molecule has 1 amide bonds. The molecule has 0 aromatic heterocycles. The molecule has 0 aliphatic heterocycles. The summed E-state index contributed by atoms with van der Waals surface area (Å²) >= 11 is 0. The summed E-state index contributed by atoms with van der Waals surface area (Å²) in [6.07, 6.45) is 0.884. The van der Waals surface area contributed by atoms with Gasteiger partial charge in [-0.2, -0.15) is 0 Å². The molecule has 4 heteroatoms. The number of hydrogen-bond acceptors (Lipinski definition) is 3. The largest absolute Gasteiger partial charge is 0.497 e. The van der Waals surface area contributed by atoms with Crippen LogP contribution in [0.2, 0.25) is 0 Å². The molecule has 2 aromatic rings. The van der Waals surface area contributed by atoms with Crippen molar-refractivity contribution in [3.63, 3.8) is 0 Å². The van der Waals surface area contributed by atoms with Gasteiger partial charge in [0.2, 0.25) is 0 Å². The van der Waals surface area contributed by atoms with E-state index in [2.05, 4.69) is 12.2 Å². The molecule has 1 N–H and O–H groups in total. The highest BCUT2D eigenvalue weighted by Gasteiger charge is 2.22. The van der Waals surface area contributed by atoms with Crippen molar-refractivity contribution < 1.29 is 14.3 Å². The molecule has 2 aromatic carbocycles. The molecular formula is C20H25NO3. The van der Waals surface area contributed by atoms with Crippen LogP contribution in [0, 0.1) is 0 Å². The summed E-state index contributed by atoms with van der Waals surface area (Å²) in [5, 5.41) is 3.09. The molecule has 0 unspecified atom stereocenters. The lowest BCUT2D eigenvalue weighted by Crippen LogP contribution is -2.39. The second kappa shape index (κ2) is 8.96. The second-order valence-electron chi connectivity index (χ2n) is 5.57. The van der Waals surface area contributed by atoms with Gasteiger partial charge in [-0.05, 0) is 30.5 Å². The van der Waals surface area contributed by atoms with Crippen LogP contribution in [-0.2, 0) is 4.79 Å². The zero-order valence-corrected chi connectivity index (χ0v) is 14.5. The topological polar surface area (TPSA) is 47.6 Å². The number of benzene rings is 2. The van der Waals surface area contributed by atoms with Crippen molar-refractivity contribution in [3.05, 3.63) is 60.2 Å². The fraction of sp³-hybridized carbons (Fsp3) is 0.350. The lowest BCUT2D eigenvalue weighted by Gasteiger charge is -2.22. The minimum Gasteiger partial charge on any atom is -0.497 e. The number of carbonyl (C=O) groups excluding carboxylic acids is 1. The zero-order valence-electron chi connectivity index (χ0n) is 14.5. The van der Waals surface area contributed by atoms with Crippen LogP contribution in [0.5, 0.6) is 11.5 Å². The van der Waals surface area contributed by atoms with Crippen LogP contribution in [-0.4, -0.2) is 19.1 Å². The number of ether oxygens (including phenoxy) is 2. The van der Waals surface area contributed by atoms with Crippen molar-refractivity contribution in [3.8, 4) is 11.5 Å². The summed E-state index contributed by atoms with van der Waals surface area (Å²) < 4.78 is 11.0. The summed E-state index contributed by atoms with van der Waals surface area (Å²) in [4.78, 5) is 12.6. The SMILES string of the molecule is CC[C@H](Oc1cccc(OC)c1)C(=O)N[C@@H](CC)c1ccccc1. The molecule has 2 atom stereocenters. The van der Waals surface area contributed by atoms with Gasteiger partial charge in [-0.3, -0.25) is 4.79 Å². The summed E-state index contributed by atoms with van der Waals surface area (Å²) in [6, 6.07) is 17.3. The van der Waals surface area contributed by atoms with E-state index in [1.165, 1.54) is 0 Å². The van der Waals surface area contributed by atoms with Gasteiger partial charge in [0.15, 0.2) is 6.10 Å². The fourth-order valence-corrected chi connectivity index (χ4v) is 2.53. The van der Waals surface area contributed by atoms with Crippen LogP contribution in [0.1, 0.15) is 38.3 Å². The molecule has 0 bridgehead atoms. The Hall–Kier alpha value is -2.49. The predicted molar refractivity (Wildman–Crippen MR) is 95.3 cm³/mol. The standard InChI is InChI=1S/C20H25NO3/c1-4-18(15-10-7-6-8-11-15)21-20(22)19(5-2)24-17-13-9-12-16(14-17)23-3/h6-14,18-19H,4-5H2,1-3H3,(H,21,22)/t18-,19-/m0/s1. The Labute approximate surface area is 143 Å². The summed E-state index contributed by atoms with van der Waals surface area (Å²) in [7, 11) is 1.61. The van der Waals surface area contributed by atoms with E-state index in [0.29, 0.717) is 17.9 Å². The maximum absolute atomic E-state index is 12.6. The second-order valence-corrected chi connectivity index (χ2v) is 5.57. The summed E-state index contributed by atoms with van der Waals surface area (Å²) in [5.74, 6) is 1.23. The summed E-state index contributed by atoms with van der Waals surface area (Å²) in [5.41, 5.74) is 1.10. The molecule has 0 saturated carbocycles. The van der Waals surface area contributed by atoms with Crippen LogP contribution >= 0.6 is 0 Å². The number of nitrogens with one attached hydrogen (secondary N) is 1. The van der Waals surface area contributed by atoms with Crippen molar-refractivity contribution >= 4 is 5.91 Å². The van der Waals surface area contributed by atoms with Crippen molar-refractivity contribution in [2.45, 2.75) is 38.8 Å². The molecular weight excluding hydrogens is 302 g/mol. The normalized spacial score (nSPS) is 13.0. The van der Waals surface area contributed by atoms with Gasteiger partial charge in [-0.15, -0.1) is 0 Å². The zero-order chi connectivity index (χ0) is 17.4. The molecule has 24 heavy (non-hydrogen) atoms. The number of methoxy groups -OCH3 is 1. The minimum absolute atomic E-state index is 0.0124. The Morgan fingerprint density at radius 1 is 1.00 bits per heavy atom. The smallest absolute Gasteiger partial charge is 0.261 e. The Morgan fingerprint density at radius 3 is 2.33 bits per heavy atom. The first-order chi connectivity index (χ1) is 11.7. The third-order valence-corrected chi connectivity index (χ3v) is 3.91. The molecule has 0 aliphatic rings. The third kappa shape index (κ3) is 4.75. The molecule has 0 aliphatic carbocycles. The van der Waals surface area contributed by atoms with E-state index in [1.54, 1.807) is 13.2 Å². The maximum atomic E-state index is 12.6. The van der Waals surface area contributed by atoms with E-state index in [1.807, 2.05) is 55.5 Å². The Morgan fingerprint density at radius 2 is 1.71 bits per heavy atom. The van der Waals surface area contributed by atoms with Gasteiger partial charge in [0, 0.05) is 6.07 Å². The lowest BCUT2D eigenvalue weighted by molar-refractivity contribution is -0.128. The predicted octanol–water partition coefficient (Wildman–Crippen LogP) is 4.12. The fourth-order valence-electron chi connectivity index (χ4n) is 2.53. The average Bonchev–Trinajstić information content (AvgIpc) is 2.64. The van der Waals surface area contributed by atoms with Gasteiger partial charge < -0.3 is 14.8 Å². The van der Waals surface area contributed by atoms with Gasteiger partial charge in [0.05, 0.1) is 13.2 Å². The lowest BCUT2D eigenvalue weighted by atomic mass is 10.0. The molecule has 0 heterocycles. The Bertz CT molecular complexity index is 642. The Kier molecular flexibility index (Phi) is 6.67. The number of rotatable bonds is 8. The number of hydrogen-bond donors (Lipinski definition) is 1. The van der Waals surface area contributed by atoms with E-state index in [4.69, 9.17) is 9.47 Å². The molecule has 0 saturated heterocycles. The van der Waals surface area contributed by atoms with Crippen LogP contribution in [0.25, 0.3) is 0 Å². The van der Waals surface area contributed by atoms with E-state index in [9.17, 15) is 4.79 Å². The van der Waals surface area contributed by atoms with Gasteiger partial charge in [0.1, 0.15) is 11.5 Å². The van der Waals surface area contributed by atoms with E-state index in [-0.39, 0.29) is 11.9 Å². The maximum Gasteiger partial charge on any atom is 0.261 e. The monoisotopic (exact) mass is 327 g/mol. The van der Waals surface area contributed by atoms with Crippen molar-refractivity contribution in [2.75, 3.05) is 7.11 Å². The van der Waals surface area contributed by atoms with Crippen molar-refractivity contribution in [1.29, 1.82) is 0 Å². The molecule has 0 radical (unpaired) electrons. The highest BCUT2D eigenvalue weighted by atomic mass is 16.5. The minimum atomic E-state index is -0.533. The van der Waals surface area contributed by atoms with Gasteiger partial charge in [-0.1, -0.05) is 50.2 Å². The van der Waals surface area contributed by atoms with E-state index < -0.39 is 6.10 Å². The first-order valence-corrected chi connectivity index (χ1v) is 8.34. The molecule has 128 valence electrons. The van der Waals surface area contributed by atoms with E-state index >= 15 is 0 Å². The van der Waals surface area contributed by atoms with Crippen LogP contribution in [0.15, 0.2) is 54.6 Å². The quantitative estimate of drug-likeness (QED) is 0.793. The van der Waals surface area contributed by atoms with Crippen molar-refractivity contribution in [1.82, 2.24) is 5.32 Å². The highest BCUT2D eigenvalue weighted by molar-refractivity contribution is 5.81. The summed E-state index contributed by atoms with van der Waals surface area (Å²) in [6.45, 7) is 4.00. The number of carbonyl (C=O) groups is 1. The van der Waals surface area contributed by atoms with Gasteiger partial charge in [0.25, 0.3) is 5.91 Å². The number of amides is 1. The van der Waals surface area contributed by atoms with Crippen molar-refractivity contribution in [2.24, 2.45) is 0 Å². The average molecular weight is 327 g/mol. The highest BCUT2D eigenvalue weighted by Crippen LogP contribution is 2.21. The molecule has 2 rings (SSSR count). The van der Waals surface area contributed by atoms with Crippen LogP contribution in [0.3, 0.4) is 0 Å². The first kappa shape index (κ1) is 17.9. The van der Waals surface area contributed by atoms with Crippen LogP contribution in [0.4, 0.5) is 0 Å².